The number of anilines is 1. The Hall–Kier alpha value is -2.65. The predicted molar refractivity (Wildman–Crippen MR) is 107 cm³/mol. The van der Waals surface area contributed by atoms with Crippen LogP contribution in [-0.4, -0.2) is 38.0 Å². The van der Waals surface area contributed by atoms with E-state index in [1.165, 1.54) is 23.1 Å². The first-order chi connectivity index (χ1) is 13.2. The average Bonchev–Trinajstić information content (AvgIpc) is 3.40. The standard InChI is InChI=1S/C18H17N5O2S2/c1-3-23(17-19-12-7-4-5-9-14(12)27-17)15(24)11-26-18-21-20-16(22(18)2)13-8-6-10-25-13/h4-10H,3,11H2,1-2H3. The number of nitrogens with zero attached hydrogens (tertiary/aromatic N) is 5. The van der Waals surface area contributed by atoms with Crippen molar-refractivity contribution in [3.8, 4) is 11.6 Å². The van der Waals surface area contributed by atoms with Crippen molar-refractivity contribution >= 4 is 44.4 Å². The molecule has 0 saturated carbocycles. The summed E-state index contributed by atoms with van der Waals surface area (Å²) in [5, 5.41) is 9.70. The molecule has 3 aromatic heterocycles. The van der Waals surface area contributed by atoms with Crippen LogP contribution in [0.3, 0.4) is 0 Å². The first-order valence-corrected chi connectivity index (χ1v) is 10.2. The topological polar surface area (TPSA) is 77.0 Å². The molecule has 4 aromatic rings. The number of thioether (sulfide) groups is 1. The molecule has 4 rings (SSSR count). The van der Waals surface area contributed by atoms with Crippen LogP contribution >= 0.6 is 23.1 Å². The van der Waals surface area contributed by atoms with Crippen LogP contribution < -0.4 is 4.90 Å². The number of amides is 1. The Morgan fingerprint density at radius 3 is 2.85 bits per heavy atom. The highest BCUT2D eigenvalue weighted by molar-refractivity contribution is 7.99. The van der Waals surface area contributed by atoms with Gasteiger partial charge in [0.05, 0.1) is 22.2 Å². The van der Waals surface area contributed by atoms with Gasteiger partial charge in [-0.25, -0.2) is 4.98 Å². The lowest BCUT2D eigenvalue weighted by Gasteiger charge is -2.17. The molecule has 1 amide bonds. The summed E-state index contributed by atoms with van der Waals surface area (Å²) in [4.78, 5) is 19.1. The Morgan fingerprint density at radius 1 is 1.26 bits per heavy atom. The lowest BCUT2D eigenvalue weighted by Crippen LogP contribution is -2.32. The van der Waals surface area contributed by atoms with Crippen molar-refractivity contribution in [3.05, 3.63) is 42.7 Å². The number of hydrogen-bond donors (Lipinski definition) is 0. The van der Waals surface area contributed by atoms with Gasteiger partial charge in [0.2, 0.25) is 5.91 Å². The summed E-state index contributed by atoms with van der Waals surface area (Å²) in [6.07, 6.45) is 1.59. The third-order valence-corrected chi connectivity index (χ3v) is 6.10. The Bertz CT molecular complexity index is 1040. The van der Waals surface area contributed by atoms with Crippen LogP contribution in [0.5, 0.6) is 0 Å². The smallest absolute Gasteiger partial charge is 0.239 e. The van der Waals surface area contributed by atoms with Crippen molar-refractivity contribution in [1.82, 2.24) is 19.7 Å². The van der Waals surface area contributed by atoms with Crippen molar-refractivity contribution in [3.63, 3.8) is 0 Å². The van der Waals surface area contributed by atoms with Gasteiger partial charge >= 0.3 is 0 Å². The number of aromatic nitrogens is 4. The normalized spacial score (nSPS) is 11.2. The fraction of sp³-hybridized carbons (Fsp3) is 0.222. The summed E-state index contributed by atoms with van der Waals surface area (Å²) in [7, 11) is 1.86. The van der Waals surface area contributed by atoms with Crippen molar-refractivity contribution in [2.75, 3.05) is 17.2 Å². The van der Waals surface area contributed by atoms with Crippen molar-refractivity contribution < 1.29 is 9.21 Å². The molecule has 0 aliphatic heterocycles. The quantitative estimate of drug-likeness (QED) is 0.459. The number of hydrogen-bond acceptors (Lipinski definition) is 7. The summed E-state index contributed by atoms with van der Waals surface area (Å²) in [6.45, 7) is 2.52. The maximum absolute atomic E-state index is 12.8. The van der Waals surface area contributed by atoms with Gasteiger partial charge in [-0.05, 0) is 31.2 Å². The van der Waals surface area contributed by atoms with Crippen LogP contribution in [0.15, 0.2) is 52.2 Å². The molecule has 7 nitrogen and oxygen atoms in total. The minimum Gasteiger partial charge on any atom is -0.461 e. The highest BCUT2D eigenvalue weighted by Gasteiger charge is 2.20. The molecule has 27 heavy (non-hydrogen) atoms. The molecule has 0 aliphatic rings. The van der Waals surface area contributed by atoms with Crippen LogP contribution in [0.1, 0.15) is 6.92 Å². The van der Waals surface area contributed by atoms with Gasteiger partial charge in [-0.15, -0.1) is 10.2 Å². The Kier molecular flexibility index (Phi) is 4.95. The van der Waals surface area contributed by atoms with Crippen molar-refractivity contribution in [2.45, 2.75) is 12.1 Å². The Morgan fingerprint density at radius 2 is 2.11 bits per heavy atom. The van der Waals surface area contributed by atoms with Crippen molar-refractivity contribution in [1.29, 1.82) is 0 Å². The molecule has 3 heterocycles. The zero-order chi connectivity index (χ0) is 18.8. The third-order valence-electron chi connectivity index (χ3n) is 4.03. The number of fused-ring (bicyclic) bond motifs is 1. The van der Waals surface area contributed by atoms with Crippen LogP contribution in [0.4, 0.5) is 5.13 Å². The van der Waals surface area contributed by atoms with Gasteiger partial charge in [0.1, 0.15) is 0 Å². The van der Waals surface area contributed by atoms with E-state index in [1.807, 2.05) is 48.9 Å². The van der Waals surface area contributed by atoms with Gasteiger partial charge < -0.3 is 8.98 Å². The number of rotatable bonds is 6. The van der Waals surface area contributed by atoms with E-state index in [9.17, 15) is 4.79 Å². The number of carbonyl (C=O) groups is 1. The second-order valence-electron chi connectivity index (χ2n) is 5.73. The Balaban J connectivity index is 1.48. The molecule has 0 bridgehead atoms. The maximum Gasteiger partial charge on any atom is 0.239 e. The second kappa shape index (κ2) is 7.53. The molecule has 0 aliphatic carbocycles. The number of para-hydroxylation sites is 1. The molecular formula is C18H17N5O2S2. The summed E-state index contributed by atoms with van der Waals surface area (Å²) in [5.74, 6) is 1.53. The number of carbonyl (C=O) groups excluding carboxylic acids is 1. The van der Waals surface area contributed by atoms with Crippen molar-refractivity contribution in [2.24, 2.45) is 7.05 Å². The van der Waals surface area contributed by atoms with Gasteiger partial charge in [0, 0.05) is 13.6 Å². The molecule has 138 valence electrons. The highest BCUT2D eigenvalue weighted by atomic mass is 32.2. The van der Waals surface area contributed by atoms with E-state index in [4.69, 9.17) is 4.42 Å². The fourth-order valence-electron chi connectivity index (χ4n) is 2.66. The second-order valence-corrected chi connectivity index (χ2v) is 7.68. The van der Waals surface area contributed by atoms with E-state index in [-0.39, 0.29) is 11.7 Å². The monoisotopic (exact) mass is 399 g/mol. The average molecular weight is 400 g/mol. The zero-order valence-electron chi connectivity index (χ0n) is 14.8. The minimum absolute atomic E-state index is 0.0101. The molecule has 1 aromatic carbocycles. The van der Waals surface area contributed by atoms with Crippen LogP contribution in [0, 0.1) is 0 Å². The van der Waals surface area contributed by atoms with Crippen LogP contribution in [0.25, 0.3) is 21.8 Å². The SMILES string of the molecule is CCN(C(=O)CSc1nnc(-c2ccco2)n1C)c1nc2ccccc2s1. The summed E-state index contributed by atoms with van der Waals surface area (Å²) in [5.41, 5.74) is 0.910. The lowest BCUT2D eigenvalue weighted by molar-refractivity contribution is -0.116. The largest absolute Gasteiger partial charge is 0.461 e. The van der Waals surface area contributed by atoms with Crippen LogP contribution in [0.2, 0.25) is 0 Å². The highest BCUT2D eigenvalue weighted by Crippen LogP contribution is 2.29. The molecule has 0 radical (unpaired) electrons. The van der Waals surface area contributed by atoms with E-state index < -0.39 is 0 Å². The molecule has 0 N–H and O–H groups in total. The van der Waals surface area contributed by atoms with Crippen LogP contribution in [-0.2, 0) is 11.8 Å². The van der Waals surface area contributed by atoms with E-state index >= 15 is 0 Å². The van der Waals surface area contributed by atoms with Gasteiger partial charge in [-0.1, -0.05) is 35.2 Å². The predicted octanol–water partition coefficient (Wildman–Crippen LogP) is 3.83. The van der Waals surface area contributed by atoms with E-state index in [2.05, 4.69) is 15.2 Å². The summed E-state index contributed by atoms with van der Waals surface area (Å²) >= 11 is 2.88. The number of benzene rings is 1. The molecular weight excluding hydrogens is 382 g/mol. The fourth-order valence-corrected chi connectivity index (χ4v) is 4.49. The molecule has 0 spiro atoms. The number of furan rings is 1. The minimum atomic E-state index is -0.0101. The van der Waals surface area contributed by atoms with E-state index in [0.717, 1.165) is 15.3 Å². The third kappa shape index (κ3) is 3.47. The molecule has 9 heteroatoms. The van der Waals surface area contributed by atoms with E-state index in [1.54, 1.807) is 17.2 Å². The van der Waals surface area contributed by atoms with Gasteiger partial charge in [0.15, 0.2) is 21.9 Å². The summed E-state index contributed by atoms with van der Waals surface area (Å²) in [6, 6.07) is 11.5. The first-order valence-electron chi connectivity index (χ1n) is 8.39. The number of thiazole rings is 1. The Labute approximate surface area is 164 Å². The maximum atomic E-state index is 12.8. The molecule has 0 atom stereocenters. The van der Waals surface area contributed by atoms with Gasteiger partial charge in [-0.2, -0.15) is 0 Å². The summed E-state index contributed by atoms with van der Waals surface area (Å²) < 4.78 is 8.26. The van der Waals surface area contributed by atoms with Gasteiger partial charge in [-0.3, -0.25) is 9.69 Å². The molecule has 0 fully saturated rings. The molecule has 0 unspecified atom stereocenters. The van der Waals surface area contributed by atoms with E-state index in [0.29, 0.717) is 23.3 Å². The zero-order valence-corrected chi connectivity index (χ0v) is 16.5. The molecule has 0 saturated heterocycles. The first kappa shape index (κ1) is 17.7. The van der Waals surface area contributed by atoms with Gasteiger partial charge in [0.25, 0.3) is 0 Å². The lowest BCUT2D eigenvalue weighted by atomic mass is 10.3.